The quantitative estimate of drug-likeness (QED) is 0.219. The minimum absolute atomic E-state index is 0.171. The molecular weight excluding hydrogens is 581 g/mol. The lowest BCUT2D eigenvalue weighted by molar-refractivity contribution is -0.160. The smallest absolute Gasteiger partial charge is 0.337 e. The summed E-state index contributed by atoms with van der Waals surface area (Å²) in [5, 5.41) is 10.5. The average molecular weight is 624 g/mol. The highest BCUT2D eigenvalue weighted by atomic mass is 19.1. The molecule has 0 aliphatic carbocycles. The second kappa shape index (κ2) is 12.5. The SMILES string of the molecule is Cc1cccc(F)c1CN1CCc2cc(-c3c(N)nc(C)c([C@H](OC(C)(C)C)C(=O)O)c3-c3ccc4c(c3)CCCO4)ccc2C1. The van der Waals surface area contributed by atoms with Crippen molar-refractivity contribution >= 4 is 11.8 Å². The van der Waals surface area contributed by atoms with E-state index in [4.69, 9.17) is 20.2 Å². The van der Waals surface area contributed by atoms with Crippen LogP contribution in [0.25, 0.3) is 22.3 Å². The third-order valence-corrected chi connectivity index (χ3v) is 8.93. The number of nitrogens with two attached hydrogens (primary N) is 1. The van der Waals surface area contributed by atoms with Crippen LogP contribution in [0.15, 0.2) is 54.6 Å². The Morgan fingerprint density at radius 2 is 1.78 bits per heavy atom. The number of aryl methyl sites for hydroxylation is 3. The van der Waals surface area contributed by atoms with Gasteiger partial charge in [0.15, 0.2) is 6.10 Å². The molecule has 3 heterocycles. The number of pyridine rings is 1. The van der Waals surface area contributed by atoms with Gasteiger partial charge in [0.1, 0.15) is 17.4 Å². The van der Waals surface area contributed by atoms with E-state index in [1.165, 1.54) is 17.2 Å². The molecule has 0 radical (unpaired) electrons. The molecule has 2 aliphatic rings. The molecule has 1 aromatic heterocycles. The Morgan fingerprint density at radius 3 is 2.52 bits per heavy atom. The Morgan fingerprint density at radius 1 is 1.04 bits per heavy atom. The Hall–Kier alpha value is -4.27. The van der Waals surface area contributed by atoms with Crippen molar-refractivity contribution in [2.75, 3.05) is 18.9 Å². The third-order valence-electron chi connectivity index (χ3n) is 8.93. The molecule has 0 unspecified atom stereocenters. The molecule has 46 heavy (non-hydrogen) atoms. The van der Waals surface area contributed by atoms with Gasteiger partial charge in [-0.3, -0.25) is 4.90 Å². The van der Waals surface area contributed by atoms with Crippen molar-refractivity contribution in [2.24, 2.45) is 0 Å². The molecule has 6 rings (SSSR count). The van der Waals surface area contributed by atoms with Crippen molar-refractivity contribution in [2.45, 2.75) is 78.7 Å². The number of nitrogens with zero attached hydrogens (tertiary/aromatic N) is 2. The van der Waals surface area contributed by atoms with Crippen LogP contribution in [0.4, 0.5) is 10.2 Å². The van der Waals surface area contributed by atoms with Crippen molar-refractivity contribution in [3.05, 3.63) is 99.5 Å². The number of rotatable bonds is 7. The van der Waals surface area contributed by atoms with E-state index in [0.29, 0.717) is 47.9 Å². The number of anilines is 1. The molecule has 7 nitrogen and oxygen atoms in total. The van der Waals surface area contributed by atoms with Crippen LogP contribution in [0.2, 0.25) is 0 Å². The van der Waals surface area contributed by atoms with E-state index in [1.807, 2.05) is 52.0 Å². The van der Waals surface area contributed by atoms with Gasteiger partial charge < -0.3 is 20.3 Å². The zero-order valence-electron chi connectivity index (χ0n) is 27.2. The summed E-state index contributed by atoms with van der Waals surface area (Å²) < 4.78 is 26.7. The molecule has 1 atom stereocenters. The standard InChI is InChI=1S/C38H42FN3O4/c1-22-8-6-10-30(39)29(22)21-42-16-15-24-18-27(11-12-28(24)20-42)34-33(26-13-14-31-25(19-26)9-7-17-45-31)32(23(2)41-36(34)40)35(37(43)44)46-38(3,4)5/h6,8,10-14,18-19,35H,7,9,15-17,20-21H2,1-5H3,(H2,40,41)(H,43,44)/t35-/m0/s1. The Labute approximate surface area is 270 Å². The molecule has 2 aliphatic heterocycles. The highest BCUT2D eigenvalue weighted by molar-refractivity contribution is 5.95. The second-order valence-corrected chi connectivity index (χ2v) is 13.4. The number of benzene rings is 3. The van der Waals surface area contributed by atoms with E-state index in [2.05, 4.69) is 23.1 Å². The normalized spacial score (nSPS) is 15.5. The van der Waals surface area contributed by atoms with Gasteiger partial charge in [0.2, 0.25) is 0 Å². The van der Waals surface area contributed by atoms with E-state index in [0.717, 1.165) is 59.4 Å². The first-order valence-corrected chi connectivity index (χ1v) is 15.9. The number of hydrogen-bond donors (Lipinski definition) is 2. The maximum absolute atomic E-state index is 14.6. The Balaban J connectivity index is 1.47. The van der Waals surface area contributed by atoms with Crippen molar-refractivity contribution in [1.82, 2.24) is 9.88 Å². The summed E-state index contributed by atoms with van der Waals surface area (Å²) in [4.78, 5) is 19.8. The van der Waals surface area contributed by atoms with Crippen LogP contribution in [0, 0.1) is 19.7 Å². The lowest BCUT2D eigenvalue weighted by atomic mass is 9.85. The fourth-order valence-corrected chi connectivity index (χ4v) is 6.75. The van der Waals surface area contributed by atoms with Crippen LogP contribution in [0.3, 0.4) is 0 Å². The monoisotopic (exact) mass is 623 g/mol. The minimum Gasteiger partial charge on any atom is -0.493 e. The third kappa shape index (κ3) is 6.37. The van der Waals surface area contributed by atoms with Crippen LogP contribution < -0.4 is 10.5 Å². The Bertz CT molecular complexity index is 1790. The number of nitrogen functional groups attached to an aromatic ring is 1. The van der Waals surface area contributed by atoms with Gasteiger partial charge in [-0.05, 0) is 105 Å². The first-order valence-electron chi connectivity index (χ1n) is 15.9. The summed E-state index contributed by atoms with van der Waals surface area (Å²) >= 11 is 0. The molecule has 0 saturated carbocycles. The molecule has 0 saturated heterocycles. The molecule has 0 spiro atoms. The largest absolute Gasteiger partial charge is 0.493 e. The van der Waals surface area contributed by atoms with E-state index >= 15 is 0 Å². The lowest BCUT2D eigenvalue weighted by Crippen LogP contribution is -2.30. The fraction of sp³-hybridized carbons (Fsp3) is 0.368. The number of hydrogen-bond acceptors (Lipinski definition) is 6. The van der Waals surface area contributed by atoms with Gasteiger partial charge >= 0.3 is 5.97 Å². The number of carboxylic acids is 1. The molecule has 0 fully saturated rings. The zero-order chi connectivity index (χ0) is 32.7. The molecular formula is C38H42FN3O4. The van der Waals surface area contributed by atoms with Gasteiger partial charge in [-0.2, -0.15) is 0 Å². The zero-order valence-corrected chi connectivity index (χ0v) is 27.2. The maximum Gasteiger partial charge on any atom is 0.337 e. The van der Waals surface area contributed by atoms with Crippen molar-refractivity contribution in [3.8, 4) is 28.0 Å². The molecule has 8 heteroatoms. The summed E-state index contributed by atoms with van der Waals surface area (Å²) in [6.07, 6.45) is 1.31. The number of aliphatic carboxylic acids is 1. The summed E-state index contributed by atoms with van der Waals surface area (Å²) in [6.45, 7) is 12.0. The topological polar surface area (TPSA) is 97.9 Å². The molecule has 0 bridgehead atoms. The highest BCUT2D eigenvalue weighted by Gasteiger charge is 2.34. The van der Waals surface area contributed by atoms with E-state index in [1.54, 1.807) is 13.0 Å². The van der Waals surface area contributed by atoms with E-state index < -0.39 is 17.7 Å². The van der Waals surface area contributed by atoms with Crippen LogP contribution in [0.1, 0.15) is 72.4 Å². The maximum atomic E-state index is 14.6. The Kier molecular flexibility index (Phi) is 8.61. The average Bonchev–Trinajstić information content (AvgIpc) is 3.00. The first-order chi connectivity index (χ1) is 21.9. The summed E-state index contributed by atoms with van der Waals surface area (Å²) in [7, 11) is 0. The van der Waals surface area contributed by atoms with Crippen LogP contribution in [0.5, 0.6) is 5.75 Å². The molecule has 3 aromatic carbocycles. The van der Waals surface area contributed by atoms with Gasteiger partial charge in [0, 0.05) is 47.6 Å². The van der Waals surface area contributed by atoms with Crippen LogP contribution in [-0.2, 0) is 35.5 Å². The predicted molar refractivity (Wildman–Crippen MR) is 178 cm³/mol. The van der Waals surface area contributed by atoms with Gasteiger partial charge in [0.25, 0.3) is 0 Å². The first kappa shape index (κ1) is 31.7. The number of halogens is 1. The number of fused-ring (bicyclic) bond motifs is 2. The van der Waals surface area contributed by atoms with Crippen LogP contribution in [-0.4, -0.2) is 39.7 Å². The van der Waals surface area contributed by atoms with Gasteiger partial charge in [-0.1, -0.05) is 36.4 Å². The van der Waals surface area contributed by atoms with Crippen molar-refractivity contribution < 1.29 is 23.8 Å². The summed E-state index contributed by atoms with van der Waals surface area (Å²) in [6, 6.07) is 17.5. The summed E-state index contributed by atoms with van der Waals surface area (Å²) in [5.74, 6) is -0.0802. The van der Waals surface area contributed by atoms with Gasteiger partial charge in [0.05, 0.1) is 12.2 Å². The number of ether oxygens (including phenoxy) is 2. The molecule has 3 N–H and O–H groups in total. The second-order valence-electron chi connectivity index (χ2n) is 13.4. The highest BCUT2D eigenvalue weighted by Crippen LogP contribution is 2.45. The van der Waals surface area contributed by atoms with Crippen molar-refractivity contribution in [1.29, 1.82) is 0 Å². The van der Waals surface area contributed by atoms with Gasteiger partial charge in [-0.25, -0.2) is 14.2 Å². The van der Waals surface area contributed by atoms with Gasteiger partial charge in [-0.15, -0.1) is 0 Å². The molecule has 4 aromatic rings. The lowest BCUT2D eigenvalue weighted by Gasteiger charge is -2.31. The number of carbonyl (C=O) groups is 1. The van der Waals surface area contributed by atoms with E-state index in [9.17, 15) is 14.3 Å². The van der Waals surface area contributed by atoms with E-state index in [-0.39, 0.29) is 5.82 Å². The van der Waals surface area contributed by atoms with Crippen LogP contribution >= 0.6 is 0 Å². The fourth-order valence-electron chi connectivity index (χ4n) is 6.75. The number of carboxylic acid groups (broad SMARTS) is 1. The molecule has 0 amide bonds. The predicted octanol–water partition coefficient (Wildman–Crippen LogP) is 7.58. The minimum atomic E-state index is -1.26. The number of aromatic nitrogens is 1. The van der Waals surface area contributed by atoms with Crippen molar-refractivity contribution in [3.63, 3.8) is 0 Å². The molecule has 240 valence electrons. The summed E-state index contributed by atoms with van der Waals surface area (Å²) in [5.41, 5.74) is 15.3.